The first-order chi connectivity index (χ1) is 8.69. The van der Waals surface area contributed by atoms with Gasteiger partial charge in [-0.05, 0) is 43.0 Å². The van der Waals surface area contributed by atoms with E-state index in [4.69, 9.17) is 21.1 Å². The second-order valence-corrected chi connectivity index (χ2v) is 5.34. The molecule has 1 saturated heterocycles. The van der Waals surface area contributed by atoms with Crippen molar-refractivity contribution >= 4 is 11.6 Å². The van der Waals surface area contributed by atoms with Gasteiger partial charge in [-0.25, -0.2) is 0 Å². The Balaban J connectivity index is 2.23. The Morgan fingerprint density at radius 3 is 2.72 bits per heavy atom. The molecule has 1 aliphatic rings. The molecule has 3 nitrogen and oxygen atoms in total. The number of benzene rings is 1. The summed E-state index contributed by atoms with van der Waals surface area (Å²) in [6.45, 7) is 1.60. The predicted octanol–water partition coefficient (Wildman–Crippen LogP) is 2.68. The normalized spacial score (nSPS) is 18.6. The topological polar surface area (TPSA) is 38.7 Å². The summed E-state index contributed by atoms with van der Waals surface area (Å²) in [5.41, 5.74) is 0.955. The van der Waals surface area contributed by atoms with E-state index in [2.05, 4.69) is 0 Å². The van der Waals surface area contributed by atoms with Crippen molar-refractivity contribution in [3.05, 3.63) is 28.8 Å². The number of aliphatic hydroxyl groups excluding tert-OH is 1. The molecule has 1 fully saturated rings. The maximum atomic E-state index is 9.71. The Kier molecular flexibility index (Phi) is 4.49. The van der Waals surface area contributed by atoms with Gasteiger partial charge in [-0.15, -0.1) is 0 Å². The fourth-order valence-electron chi connectivity index (χ4n) is 2.48. The van der Waals surface area contributed by atoms with E-state index in [0.717, 1.165) is 30.6 Å². The van der Waals surface area contributed by atoms with Crippen LogP contribution >= 0.6 is 11.6 Å². The molecule has 0 bridgehead atoms. The monoisotopic (exact) mass is 270 g/mol. The zero-order valence-electron chi connectivity index (χ0n) is 10.6. The lowest BCUT2D eigenvalue weighted by molar-refractivity contribution is -0.0159. The van der Waals surface area contributed by atoms with E-state index >= 15 is 0 Å². The fourth-order valence-corrected chi connectivity index (χ4v) is 2.68. The largest absolute Gasteiger partial charge is 0.496 e. The summed E-state index contributed by atoms with van der Waals surface area (Å²) < 4.78 is 10.7. The zero-order valence-corrected chi connectivity index (χ0v) is 11.4. The highest BCUT2D eigenvalue weighted by Crippen LogP contribution is 2.37. The van der Waals surface area contributed by atoms with Crippen molar-refractivity contribution in [1.29, 1.82) is 0 Å². The first kappa shape index (κ1) is 13.7. The van der Waals surface area contributed by atoms with Crippen LogP contribution in [0.1, 0.15) is 18.4 Å². The van der Waals surface area contributed by atoms with Crippen LogP contribution in [-0.4, -0.2) is 32.0 Å². The van der Waals surface area contributed by atoms with E-state index < -0.39 is 0 Å². The molecule has 1 aliphatic heterocycles. The van der Waals surface area contributed by atoms with Crippen molar-refractivity contribution in [2.75, 3.05) is 26.9 Å². The summed E-state index contributed by atoms with van der Waals surface area (Å²) in [5, 5.41) is 10.4. The molecule has 0 aliphatic carbocycles. The van der Waals surface area contributed by atoms with Crippen molar-refractivity contribution in [1.82, 2.24) is 0 Å². The van der Waals surface area contributed by atoms with Gasteiger partial charge < -0.3 is 14.6 Å². The molecule has 100 valence electrons. The average Bonchev–Trinajstić information content (AvgIpc) is 2.40. The fraction of sp³-hybridized carbons (Fsp3) is 0.571. The average molecular weight is 271 g/mol. The summed E-state index contributed by atoms with van der Waals surface area (Å²) in [6.07, 6.45) is 2.52. The van der Waals surface area contributed by atoms with Crippen molar-refractivity contribution in [3.63, 3.8) is 0 Å². The van der Waals surface area contributed by atoms with E-state index in [-0.39, 0.29) is 12.0 Å². The van der Waals surface area contributed by atoms with Crippen molar-refractivity contribution in [2.45, 2.75) is 19.3 Å². The third-order valence-corrected chi connectivity index (χ3v) is 3.93. The van der Waals surface area contributed by atoms with Gasteiger partial charge in [0.1, 0.15) is 5.75 Å². The number of rotatable bonds is 4. The van der Waals surface area contributed by atoms with Crippen LogP contribution in [0.15, 0.2) is 18.2 Å². The molecular weight excluding hydrogens is 252 g/mol. The van der Waals surface area contributed by atoms with Gasteiger partial charge in [0.25, 0.3) is 0 Å². The molecule has 1 aromatic rings. The molecule has 18 heavy (non-hydrogen) atoms. The van der Waals surface area contributed by atoms with Gasteiger partial charge in [0.15, 0.2) is 0 Å². The third kappa shape index (κ3) is 2.97. The number of hydrogen-bond donors (Lipinski definition) is 1. The maximum absolute atomic E-state index is 9.71. The predicted molar refractivity (Wildman–Crippen MR) is 71.3 cm³/mol. The molecule has 4 heteroatoms. The Morgan fingerprint density at radius 1 is 1.39 bits per heavy atom. The molecule has 1 heterocycles. The minimum Gasteiger partial charge on any atom is -0.496 e. The van der Waals surface area contributed by atoms with Crippen LogP contribution < -0.4 is 4.74 Å². The first-order valence-electron chi connectivity index (χ1n) is 6.20. The van der Waals surface area contributed by atoms with Crippen LogP contribution in [0.2, 0.25) is 5.02 Å². The molecule has 0 aromatic heterocycles. The highest BCUT2D eigenvalue weighted by molar-refractivity contribution is 6.30. The van der Waals surface area contributed by atoms with E-state index in [0.29, 0.717) is 18.2 Å². The van der Waals surface area contributed by atoms with Gasteiger partial charge in [-0.3, -0.25) is 0 Å². The van der Waals surface area contributed by atoms with E-state index in [1.54, 1.807) is 7.11 Å². The molecule has 1 aromatic carbocycles. The molecular formula is C14H19ClO3. The van der Waals surface area contributed by atoms with Gasteiger partial charge in [0.2, 0.25) is 0 Å². The van der Waals surface area contributed by atoms with Crippen molar-refractivity contribution < 1.29 is 14.6 Å². The molecule has 0 spiro atoms. The number of halogens is 1. The summed E-state index contributed by atoms with van der Waals surface area (Å²) in [7, 11) is 1.66. The van der Waals surface area contributed by atoms with E-state index in [1.807, 2.05) is 18.2 Å². The number of methoxy groups -OCH3 is 1. The van der Waals surface area contributed by atoms with Gasteiger partial charge >= 0.3 is 0 Å². The summed E-state index contributed by atoms with van der Waals surface area (Å²) >= 11 is 6.04. The summed E-state index contributed by atoms with van der Waals surface area (Å²) in [4.78, 5) is 0. The van der Waals surface area contributed by atoms with Crippen LogP contribution in [0, 0.1) is 5.41 Å². The van der Waals surface area contributed by atoms with E-state index in [1.165, 1.54) is 0 Å². The number of ether oxygens (including phenoxy) is 2. The Bertz CT molecular complexity index is 400. The first-order valence-corrected chi connectivity index (χ1v) is 6.58. The number of hydrogen-bond acceptors (Lipinski definition) is 3. The van der Waals surface area contributed by atoms with Gasteiger partial charge in [0, 0.05) is 30.3 Å². The smallest absolute Gasteiger partial charge is 0.122 e. The van der Waals surface area contributed by atoms with Crippen LogP contribution in [0.3, 0.4) is 0 Å². The Morgan fingerprint density at radius 2 is 2.11 bits per heavy atom. The molecule has 2 rings (SSSR count). The van der Waals surface area contributed by atoms with E-state index in [9.17, 15) is 5.11 Å². The molecule has 0 radical (unpaired) electrons. The highest BCUT2D eigenvalue weighted by atomic mass is 35.5. The third-order valence-electron chi connectivity index (χ3n) is 3.70. The minimum atomic E-state index is -0.101. The lowest BCUT2D eigenvalue weighted by Crippen LogP contribution is -2.35. The Hall–Kier alpha value is -0.770. The van der Waals surface area contributed by atoms with Gasteiger partial charge in [-0.2, -0.15) is 0 Å². The highest BCUT2D eigenvalue weighted by Gasteiger charge is 2.33. The molecule has 0 amide bonds. The van der Waals surface area contributed by atoms with Crippen LogP contribution in [0.4, 0.5) is 0 Å². The minimum absolute atomic E-state index is 0.101. The van der Waals surface area contributed by atoms with Crippen LogP contribution in [0.5, 0.6) is 5.75 Å². The van der Waals surface area contributed by atoms with Crippen molar-refractivity contribution in [3.8, 4) is 5.75 Å². The van der Waals surface area contributed by atoms with Crippen molar-refractivity contribution in [2.24, 2.45) is 5.41 Å². The van der Waals surface area contributed by atoms with Gasteiger partial charge in [0.05, 0.1) is 7.11 Å². The van der Waals surface area contributed by atoms with Gasteiger partial charge in [-0.1, -0.05) is 11.6 Å². The van der Waals surface area contributed by atoms with Crippen LogP contribution in [-0.2, 0) is 11.2 Å². The zero-order chi connectivity index (χ0) is 13.0. The molecule has 1 N–H and O–H groups in total. The quantitative estimate of drug-likeness (QED) is 0.914. The Labute approximate surface area is 113 Å². The molecule has 0 atom stereocenters. The molecule has 0 saturated carbocycles. The summed E-state index contributed by atoms with van der Waals surface area (Å²) in [5.74, 6) is 0.832. The molecule has 0 unspecified atom stereocenters. The van der Waals surface area contributed by atoms with Crippen LogP contribution in [0.25, 0.3) is 0 Å². The lowest BCUT2D eigenvalue weighted by atomic mass is 9.76. The second kappa shape index (κ2) is 5.91. The number of aliphatic hydroxyl groups is 1. The maximum Gasteiger partial charge on any atom is 0.122 e. The lowest BCUT2D eigenvalue weighted by Gasteiger charge is -2.36. The summed E-state index contributed by atoms with van der Waals surface area (Å²) in [6, 6.07) is 5.62. The second-order valence-electron chi connectivity index (χ2n) is 4.90. The SMILES string of the molecule is COc1ccc(Cl)cc1CC1(CO)CCOCC1. The standard InChI is InChI=1S/C14H19ClO3/c1-17-13-3-2-12(15)8-11(13)9-14(10-16)4-6-18-7-5-14/h2-3,8,16H,4-7,9-10H2,1H3.